The number of hydrazone groups is 1. The maximum atomic E-state index is 6.09. The third-order valence-electron chi connectivity index (χ3n) is 2.49. The van der Waals surface area contributed by atoms with Gasteiger partial charge in [-0.05, 0) is 31.5 Å². The lowest BCUT2D eigenvalue weighted by molar-refractivity contribution is 0.414. The molecule has 2 aromatic rings. The topological polar surface area (TPSA) is 46.5 Å². The third kappa shape index (κ3) is 3.45. The summed E-state index contributed by atoms with van der Waals surface area (Å²) in [5.41, 5.74) is 5.64. The predicted molar refractivity (Wildman–Crippen MR) is 80.8 cm³/mol. The molecule has 0 bridgehead atoms. The van der Waals surface area contributed by atoms with Crippen molar-refractivity contribution < 1.29 is 4.74 Å². The molecule has 0 saturated heterocycles. The van der Waals surface area contributed by atoms with Gasteiger partial charge in [-0.1, -0.05) is 11.6 Å². The van der Waals surface area contributed by atoms with E-state index in [1.807, 2.05) is 31.4 Å². The summed E-state index contributed by atoms with van der Waals surface area (Å²) in [4.78, 5) is 4.25. The van der Waals surface area contributed by atoms with E-state index in [2.05, 4.69) is 15.5 Å². The number of methoxy groups -OCH3 is 1. The molecule has 0 aliphatic rings. The van der Waals surface area contributed by atoms with Crippen molar-refractivity contribution in [1.82, 2.24) is 4.98 Å². The van der Waals surface area contributed by atoms with Crippen LogP contribution in [0.4, 0.5) is 5.13 Å². The maximum absolute atomic E-state index is 6.09. The molecule has 0 saturated carbocycles. The lowest BCUT2D eigenvalue weighted by Gasteiger charge is -2.07. The van der Waals surface area contributed by atoms with E-state index < -0.39 is 0 Å². The van der Waals surface area contributed by atoms with Crippen LogP contribution in [-0.4, -0.2) is 18.3 Å². The van der Waals surface area contributed by atoms with Crippen molar-refractivity contribution >= 4 is 34.3 Å². The van der Waals surface area contributed by atoms with Gasteiger partial charge in [0.2, 0.25) is 5.13 Å². The van der Waals surface area contributed by atoms with Crippen LogP contribution < -0.4 is 10.2 Å². The second-order valence-electron chi connectivity index (χ2n) is 4.01. The van der Waals surface area contributed by atoms with Crippen LogP contribution in [-0.2, 0) is 0 Å². The Morgan fingerprint density at radius 1 is 1.42 bits per heavy atom. The summed E-state index contributed by atoms with van der Waals surface area (Å²) < 4.78 is 5.30. The second kappa shape index (κ2) is 6.04. The number of thiazole rings is 1. The van der Waals surface area contributed by atoms with Crippen molar-refractivity contribution in [2.24, 2.45) is 5.10 Å². The van der Waals surface area contributed by atoms with E-state index in [0.717, 1.165) is 27.7 Å². The Balaban J connectivity index is 2.16. The zero-order valence-corrected chi connectivity index (χ0v) is 12.5. The first-order valence-electron chi connectivity index (χ1n) is 5.65. The van der Waals surface area contributed by atoms with Gasteiger partial charge in [0, 0.05) is 16.0 Å². The molecule has 1 heterocycles. The van der Waals surface area contributed by atoms with E-state index in [1.165, 1.54) is 11.3 Å². The molecule has 1 N–H and O–H groups in total. The molecule has 1 aromatic heterocycles. The van der Waals surface area contributed by atoms with Gasteiger partial charge in [0.05, 0.1) is 19.0 Å². The Hall–Kier alpha value is -1.59. The highest BCUT2D eigenvalue weighted by Gasteiger charge is 2.05. The molecular weight excluding hydrogens is 282 g/mol. The molecule has 0 unspecified atom stereocenters. The molecule has 100 valence electrons. The summed E-state index contributed by atoms with van der Waals surface area (Å²) in [5.74, 6) is 0.739. The minimum Gasteiger partial charge on any atom is -0.496 e. The Kier molecular flexibility index (Phi) is 4.39. The number of ether oxygens (including phenoxy) is 1. The van der Waals surface area contributed by atoms with Crippen LogP contribution in [0.1, 0.15) is 16.8 Å². The Bertz CT molecular complexity index is 610. The van der Waals surface area contributed by atoms with Gasteiger partial charge in [0.15, 0.2) is 0 Å². The molecule has 0 aliphatic heterocycles. The normalized spacial score (nSPS) is 10.9. The number of aryl methyl sites for hydroxylation is 2. The first-order chi connectivity index (χ1) is 9.10. The SMILES string of the molecule is COc1cc(C)c(Cl)cc1C=NNc1nc(C)cs1. The largest absolute Gasteiger partial charge is 0.496 e. The molecule has 0 fully saturated rings. The lowest BCUT2D eigenvalue weighted by atomic mass is 10.1. The van der Waals surface area contributed by atoms with Crippen molar-refractivity contribution in [3.63, 3.8) is 0 Å². The fraction of sp³-hybridized carbons (Fsp3) is 0.231. The molecule has 2 rings (SSSR count). The number of halogens is 1. The molecule has 0 aliphatic carbocycles. The highest BCUT2D eigenvalue weighted by molar-refractivity contribution is 7.13. The van der Waals surface area contributed by atoms with Crippen LogP contribution in [0.15, 0.2) is 22.6 Å². The summed E-state index contributed by atoms with van der Waals surface area (Å²) in [7, 11) is 1.62. The van der Waals surface area contributed by atoms with E-state index in [9.17, 15) is 0 Å². The molecule has 0 spiro atoms. The minimum atomic E-state index is 0.687. The number of hydrogen-bond donors (Lipinski definition) is 1. The van der Waals surface area contributed by atoms with E-state index in [-0.39, 0.29) is 0 Å². The third-order valence-corrected chi connectivity index (χ3v) is 3.77. The molecule has 0 radical (unpaired) electrons. The molecule has 0 atom stereocenters. The number of benzene rings is 1. The fourth-order valence-corrected chi connectivity index (χ4v) is 2.32. The Morgan fingerprint density at radius 3 is 2.84 bits per heavy atom. The van der Waals surface area contributed by atoms with Gasteiger partial charge in [0.25, 0.3) is 0 Å². The summed E-state index contributed by atoms with van der Waals surface area (Å²) in [6.07, 6.45) is 1.67. The Morgan fingerprint density at radius 2 is 2.21 bits per heavy atom. The molecular formula is C13H14ClN3OS. The van der Waals surface area contributed by atoms with Gasteiger partial charge in [-0.25, -0.2) is 4.98 Å². The molecule has 6 heteroatoms. The van der Waals surface area contributed by atoms with Crippen LogP contribution >= 0.6 is 22.9 Å². The first kappa shape index (κ1) is 13.8. The molecule has 0 amide bonds. The summed E-state index contributed by atoms with van der Waals surface area (Å²) in [5, 5.41) is 7.54. The highest BCUT2D eigenvalue weighted by atomic mass is 35.5. The van der Waals surface area contributed by atoms with Crippen molar-refractivity contribution in [1.29, 1.82) is 0 Å². The fourth-order valence-electron chi connectivity index (χ4n) is 1.51. The lowest BCUT2D eigenvalue weighted by Crippen LogP contribution is -1.95. The van der Waals surface area contributed by atoms with Crippen LogP contribution in [0, 0.1) is 13.8 Å². The van der Waals surface area contributed by atoms with E-state index >= 15 is 0 Å². The molecule has 4 nitrogen and oxygen atoms in total. The molecule has 1 aromatic carbocycles. The van der Waals surface area contributed by atoms with E-state index in [1.54, 1.807) is 13.3 Å². The van der Waals surface area contributed by atoms with E-state index in [0.29, 0.717) is 5.02 Å². The van der Waals surface area contributed by atoms with Crippen LogP contribution in [0.2, 0.25) is 5.02 Å². The quantitative estimate of drug-likeness (QED) is 0.688. The summed E-state index contributed by atoms with van der Waals surface area (Å²) in [6.45, 7) is 3.87. The van der Waals surface area contributed by atoms with Crippen LogP contribution in [0.3, 0.4) is 0 Å². The number of nitrogens with one attached hydrogen (secondary N) is 1. The zero-order valence-electron chi connectivity index (χ0n) is 10.9. The van der Waals surface area contributed by atoms with Gasteiger partial charge in [-0.3, -0.25) is 5.43 Å². The van der Waals surface area contributed by atoms with Gasteiger partial charge in [-0.15, -0.1) is 11.3 Å². The van der Waals surface area contributed by atoms with Gasteiger partial charge >= 0.3 is 0 Å². The summed E-state index contributed by atoms with van der Waals surface area (Å²) >= 11 is 7.60. The van der Waals surface area contributed by atoms with Gasteiger partial charge < -0.3 is 4.74 Å². The number of rotatable bonds is 4. The minimum absolute atomic E-state index is 0.687. The highest BCUT2D eigenvalue weighted by Crippen LogP contribution is 2.25. The van der Waals surface area contributed by atoms with E-state index in [4.69, 9.17) is 16.3 Å². The smallest absolute Gasteiger partial charge is 0.203 e. The van der Waals surface area contributed by atoms with Crippen molar-refractivity contribution in [3.05, 3.63) is 39.4 Å². The Labute approximate surface area is 121 Å². The average Bonchev–Trinajstić information content (AvgIpc) is 2.79. The first-order valence-corrected chi connectivity index (χ1v) is 6.91. The number of anilines is 1. The van der Waals surface area contributed by atoms with Crippen molar-refractivity contribution in [3.8, 4) is 5.75 Å². The maximum Gasteiger partial charge on any atom is 0.203 e. The zero-order chi connectivity index (χ0) is 13.8. The van der Waals surface area contributed by atoms with Crippen LogP contribution in [0.5, 0.6) is 5.75 Å². The number of nitrogens with zero attached hydrogens (tertiary/aromatic N) is 2. The predicted octanol–water partition coefficient (Wildman–Crippen LogP) is 3.87. The second-order valence-corrected chi connectivity index (χ2v) is 5.27. The average molecular weight is 296 g/mol. The number of hydrogen-bond acceptors (Lipinski definition) is 5. The monoisotopic (exact) mass is 295 g/mol. The standard InChI is InChI=1S/C13H14ClN3OS/c1-8-4-12(18-3)10(5-11(8)14)6-15-17-13-16-9(2)7-19-13/h4-7H,1-3H3,(H,16,17). The van der Waals surface area contributed by atoms with Crippen molar-refractivity contribution in [2.75, 3.05) is 12.5 Å². The number of aromatic nitrogens is 1. The molecule has 19 heavy (non-hydrogen) atoms. The van der Waals surface area contributed by atoms with Crippen LogP contribution in [0.25, 0.3) is 0 Å². The van der Waals surface area contributed by atoms with Crippen molar-refractivity contribution in [2.45, 2.75) is 13.8 Å². The van der Waals surface area contributed by atoms with Gasteiger partial charge in [-0.2, -0.15) is 5.10 Å². The summed E-state index contributed by atoms with van der Waals surface area (Å²) in [6, 6.07) is 3.71. The van der Waals surface area contributed by atoms with Gasteiger partial charge in [0.1, 0.15) is 5.75 Å².